The summed E-state index contributed by atoms with van der Waals surface area (Å²) in [5.41, 5.74) is 4.92. The molecule has 0 fully saturated rings. The van der Waals surface area contributed by atoms with Gasteiger partial charge in [-0.15, -0.1) is 0 Å². The van der Waals surface area contributed by atoms with E-state index in [9.17, 15) is 132 Å². The van der Waals surface area contributed by atoms with Crippen LogP contribution in [0, 0.1) is 11.8 Å². The maximum Gasteiger partial charge on any atom is 0.322 e. The third-order valence-corrected chi connectivity index (χ3v) is 16.1. The summed E-state index contributed by atoms with van der Waals surface area (Å²) >= 11 is 0. The molecular weight excluding hydrogens is 1470 g/mol. The first-order valence-corrected chi connectivity index (χ1v) is 34.7. The monoisotopic (exact) mass is 1580 g/mol. The molecule has 111 heavy (non-hydrogen) atoms. The maximum atomic E-state index is 14.2. The number of carboxylic acid groups (broad SMARTS) is 4. The summed E-state index contributed by atoms with van der Waals surface area (Å²) in [5.74, 6) is -24.4. The molecule has 0 aromatic heterocycles. The van der Waals surface area contributed by atoms with E-state index < -0.39 is 274 Å². The van der Waals surface area contributed by atoms with Crippen molar-refractivity contribution in [3.05, 3.63) is 65.7 Å². The van der Waals surface area contributed by atoms with Gasteiger partial charge in [0.05, 0.1) is 50.5 Å². The number of hydrogen-bond donors (Lipinski definition) is 25. The highest BCUT2D eigenvalue weighted by Gasteiger charge is 2.40. The van der Waals surface area contributed by atoms with Crippen molar-refractivity contribution in [1.82, 2.24) is 74.4 Å². The van der Waals surface area contributed by atoms with E-state index in [0.29, 0.717) is 5.56 Å². The first-order chi connectivity index (χ1) is 51.8. The zero-order valence-corrected chi connectivity index (χ0v) is 62.0. The molecule has 0 aliphatic carbocycles. The zero-order valence-electron chi connectivity index (χ0n) is 62.0. The number of aliphatic carboxylic acids is 4. The Labute approximate surface area is 635 Å². The number of carbonyl (C=O) groups is 18. The molecule has 43 nitrogen and oxygen atoms in total. The Kier molecular flexibility index (Phi) is 40.2. The molecule has 2 rings (SSSR count). The molecule has 43 heteroatoms. The average molecular weight is 1580 g/mol. The number of carboxylic acids is 4. The number of hydrogen-bond acceptors (Lipinski definition) is 25. The van der Waals surface area contributed by atoms with Crippen molar-refractivity contribution in [3.8, 4) is 5.75 Å². The van der Waals surface area contributed by atoms with Gasteiger partial charge in [0, 0.05) is 25.7 Å². The summed E-state index contributed by atoms with van der Waals surface area (Å²) in [5, 5.41) is 131. The molecule has 0 aliphatic rings. The van der Waals surface area contributed by atoms with Crippen LogP contribution in [0.25, 0.3) is 0 Å². The van der Waals surface area contributed by atoms with Crippen molar-refractivity contribution in [2.24, 2.45) is 17.6 Å². The second kappa shape index (κ2) is 46.7. The molecule has 2 aromatic rings. The fraction of sp³-hybridized carbons (Fsp3) is 0.559. The van der Waals surface area contributed by atoms with Crippen molar-refractivity contribution in [1.29, 1.82) is 0 Å². The first-order valence-electron chi connectivity index (χ1n) is 34.7. The number of aromatic hydroxyl groups is 1. The van der Waals surface area contributed by atoms with Gasteiger partial charge in [-0.3, -0.25) is 86.3 Å². The van der Waals surface area contributed by atoms with Crippen LogP contribution in [0.15, 0.2) is 54.6 Å². The predicted octanol–water partition coefficient (Wildman–Crippen LogP) is -9.31. The van der Waals surface area contributed by atoms with Crippen LogP contribution in [0.4, 0.5) is 0 Å². The van der Waals surface area contributed by atoms with Crippen LogP contribution < -0.4 is 80.2 Å². The van der Waals surface area contributed by atoms with Gasteiger partial charge in [0.1, 0.15) is 84.8 Å². The van der Waals surface area contributed by atoms with Crippen molar-refractivity contribution in [3.63, 3.8) is 0 Å². The summed E-state index contributed by atoms with van der Waals surface area (Å²) in [7, 11) is 0. The Morgan fingerprint density at radius 1 is 0.378 bits per heavy atom. The number of rotatable bonds is 49. The summed E-state index contributed by atoms with van der Waals surface area (Å²) in [4.78, 5) is 237. The van der Waals surface area contributed by atoms with E-state index in [4.69, 9.17) is 10.8 Å². The molecule has 14 atom stereocenters. The molecule has 0 saturated heterocycles. The number of carbonyl (C=O) groups excluding carboxylic acids is 14. The number of nitrogens with one attached hydrogen (secondary N) is 14. The van der Waals surface area contributed by atoms with Crippen molar-refractivity contribution in [2.45, 2.75) is 197 Å². The van der Waals surface area contributed by atoms with E-state index in [1.807, 2.05) is 16.0 Å². The van der Waals surface area contributed by atoms with E-state index in [-0.39, 0.29) is 30.1 Å². The summed E-state index contributed by atoms with van der Waals surface area (Å²) in [6.45, 7) is 5.02. The molecule has 0 radical (unpaired) electrons. The van der Waals surface area contributed by atoms with Gasteiger partial charge in [-0.2, -0.15) is 0 Å². The number of phenolic OH excluding ortho intramolecular Hbond substituents is 1. The zero-order chi connectivity index (χ0) is 84.3. The standard InChI is InChI=1S/C68H101N15O28/c1-31(2)22-40(57(101)72-38(18-20-48(91)92)55(99)71-27-51(97)98)73-58(102)41(24-36-14-16-37(89)17-15-36)74-61(105)44(28-84)77-63(107)46(30-86)78-64(108)52(32(3)4)82-60(104)43(25-50(95)96)75-62(106)45(29-85)79-66(110)54(34(6)88)83-59(103)42(23-35-12-10-9-11-13-35)76-65(109)53(33(5)87)81-47(90)26-70-56(100)39(19-21-49(93)94)80-67(111)68(7,8)69/h9-17,31-34,38-46,52-54,84-89H,18-30,69H2,1-8H3,(H,70,100)(H,71,99)(H,72,101)(H,73,102)(H,74,105)(H,75,106)(H,76,109)(H,77,107)(H,78,108)(H,79,110)(H,80,111)(H,81,90)(H,82,104)(H,83,103)(H,91,92)(H,93,94)(H,95,96)(H,97,98)/t33-,34-,38+,39+,40+,41+,42+,43+,44+,45+,46+,52+,53+,54+/m1/s1. The number of benzene rings is 2. The average Bonchev–Trinajstić information content (AvgIpc) is 0.850. The Hall–Kier alpha value is -11.5. The first kappa shape index (κ1) is 95.5. The fourth-order valence-electron chi connectivity index (χ4n) is 10.0. The second-order valence-electron chi connectivity index (χ2n) is 27.0. The van der Waals surface area contributed by atoms with Gasteiger partial charge >= 0.3 is 23.9 Å². The molecule has 0 bridgehead atoms. The number of phenols is 1. The Morgan fingerprint density at radius 2 is 0.730 bits per heavy atom. The molecule has 26 N–H and O–H groups in total. The van der Waals surface area contributed by atoms with Gasteiger partial charge in [-0.25, -0.2) is 0 Å². The SMILES string of the molecule is CC(C)C[C@H](NC(=O)[C@H](Cc1ccc(O)cc1)NC(=O)[C@H](CO)NC(=O)[C@H](CO)NC(=O)[C@@H](NC(=O)[C@H](CC(=O)O)NC(=O)[C@H](CO)NC(=O)[C@@H](NC(=O)[C@H](Cc1ccccc1)NC(=O)[C@@H](NC(=O)CNC(=O)[C@H](CCC(=O)O)NC(=O)C(C)(C)N)[C@@H](C)O)[C@@H](C)O)C(C)C)C(=O)N[C@@H](CCC(=O)O)C(=O)NCC(=O)O. The van der Waals surface area contributed by atoms with Crippen molar-refractivity contribution < 1.29 is 137 Å². The molecule has 0 unspecified atom stereocenters. The van der Waals surface area contributed by atoms with Crippen LogP contribution in [0.1, 0.15) is 105 Å². The largest absolute Gasteiger partial charge is 0.508 e. The van der Waals surface area contributed by atoms with Crippen LogP contribution in [-0.4, -0.2) is 281 Å². The predicted molar refractivity (Wildman–Crippen MR) is 382 cm³/mol. The van der Waals surface area contributed by atoms with Crippen LogP contribution in [0.2, 0.25) is 0 Å². The van der Waals surface area contributed by atoms with Gasteiger partial charge in [0.15, 0.2) is 0 Å². The normalized spacial score (nSPS) is 15.0. The number of aliphatic hydroxyl groups excluding tert-OH is 5. The smallest absolute Gasteiger partial charge is 0.322 e. The van der Waals surface area contributed by atoms with Gasteiger partial charge < -0.3 is 131 Å². The molecule has 616 valence electrons. The number of nitrogens with two attached hydrogens (primary N) is 1. The Balaban J connectivity index is 2.36. The number of amides is 14. The second-order valence-corrected chi connectivity index (χ2v) is 27.0. The van der Waals surface area contributed by atoms with Crippen LogP contribution in [-0.2, 0) is 99.1 Å². The van der Waals surface area contributed by atoms with E-state index in [1.165, 1.54) is 64.1 Å². The minimum Gasteiger partial charge on any atom is -0.508 e. The van der Waals surface area contributed by atoms with Crippen molar-refractivity contribution >= 4 is 107 Å². The molecule has 0 aliphatic heterocycles. The highest BCUT2D eigenvalue weighted by atomic mass is 16.4. The lowest BCUT2D eigenvalue weighted by Gasteiger charge is -2.29. The quantitative estimate of drug-likeness (QED) is 0.0292. The summed E-state index contributed by atoms with van der Waals surface area (Å²) < 4.78 is 0. The topological polar surface area (TPSA) is 704 Å². The van der Waals surface area contributed by atoms with Gasteiger partial charge in [-0.05, 0) is 82.1 Å². The van der Waals surface area contributed by atoms with Gasteiger partial charge in [0.25, 0.3) is 0 Å². The molecular formula is C68H101N15O28. The molecule has 0 spiro atoms. The van der Waals surface area contributed by atoms with Crippen molar-refractivity contribution in [2.75, 3.05) is 32.9 Å². The third-order valence-electron chi connectivity index (χ3n) is 16.1. The lowest BCUT2D eigenvalue weighted by molar-refractivity contribution is -0.142. The van der Waals surface area contributed by atoms with Crippen LogP contribution >= 0.6 is 0 Å². The highest BCUT2D eigenvalue weighted by molar-refractivity contribution is 6.01. The Morgan fingerprint density at radius 3 is 1.15 bits per heavy atom. The fourth-order valence-corrected chi connectivity index (χ4v) is 10.0. The number of aliphatic hydroxyl groups is 5. The van der Waals surface area contributed by atoms with Crippen LogP contribution in [0.5, 0.6) is 5.75 Å². The molecule has 14 amide bonds. The lowest BCUT2D eigenvalue weighted by atomic mass is 10.00. The minimum atomic E-state index is -2.17. The van der Waals surface area contributed by atoms with Gasteiger partial charge in [-0.1, -0.05) is 70.2 Å². The van der Waals surface area contributed by atoms with Crippen LogP contribution in [0.3, 0.4) is 0 Å². The van der Waals surface area contributed by atoms with E-state index >= 15 is 0 Å². The van der Waals surface area contributed by atoms with E-state index in [1.54, 1.807) is 32.0 Å². The Bertz CT molecular complexity index is 3600. The van der Waals surface area contributed by atoms with E-state index in [0.717, 1.165) is 13.8 Å². The third kappa shape index (κ3) is 34.7. The van der Waals surface area contributed by atoms with Gasteiger partial charge in [0.2, 0.25) is 82.7 Å². The molecule has 0 heterocycles. The maximum absolute atomic E-state index is 14.2. The van der Waals surface area contributed by atoms with E-state index in [2.05, 4.69) is 58.5 Å². The molecule has 2 aromatic carbocycles. The lowest BCUT2D eigenvalue weighted by Crippen LogP contribution is -2.63. The highest BCUT2D eigenvalue weighted by Crippen LogP contribution is 2.15. The minimum absolute atomic E-state index is 0.146. The summed E-state index contributed by atoms with van der Waals surface area (Å²) in [6.07, 6.45) is -8.01. The molecule has 0 saturated carbocycles. The summed E-state index contributed by atoms with van der Waals surface area (Å²) in [6, 6.07) is -9.28.